The molecule has 0 saturated carbocycles. The van der Waals surface area contributed by atoms with Gasteiger partial charge >= 0.3 is 11.9 Å². The maximum Gasteiger partial charge on any atom is 0.302 e. The van der Waals surface area contributed by atoms with Crippen LogP contribution in [0.5, 0.6) is 0 Å². The average Bonchev–Trinajstić information content (AvgIpc) is 2.30. The quantitative estimate of drug-likeness (QED) is 0.373. The van der Waals surface area contributed by atoms with Crippen LogP contribution in [0.4, 0.5) is 0 Å². The summed E-state index contributed by atoms with van der Waals surface area (Å²) in [4.78, 5) is 20.9. The number of carbonyl (C=O) groups is 2. The van der Waals surface area contributed by atoms with Gasteiger partial charge in [0.05, 0.1) is 0 Å². The van der Waals surface area contributed by atoms with Crippen LogP contribution >= 0.6 is 0 Å². The molecular weight excluding hydrogens is 248 g/mol. The van der Waals surface area contributed by atoms with Crippen LogP contribution < -0.4 is 0 Å². The fourth-order valence-corrected chi connectivity index (χ4v) is 1.06. The molecule has 0 aliphatic rings. The Balaban J connectivity index is 4.16. The van der Waals surface area contributed by atoms with Crippen molar-refractivity contribution in [3.63, 3.8) is 0 Å². The van der Waals surface area contributed by atoms with Crippen LogP contribution in [-0.4, -0.2) is 70.0 Å². The van der Waals surface area contributed by atoms with Gasteiger partial charge in [-0.3, -0.25) is 9.59 Å². The van der Waals surface area contributed by atoms with Crippen molar-refractivity contribution in [2.24, 2.45) is 0 Å². The zero-order chi connectivity index (χ0) is 14.3. The smallest absolute Gasteiger partial charge is 0.302 e. The van der Waals surface area contributed by atoms with E-state index >= 15 is 0 Å². The van der Waals surface area contributed by atoms with Crippen LogP contribution in [0, 0.1) is 0 Å². The fraction of sp³-hybridized carbons (Fsp3) is 0.800. The zero-order valence-corrected chi connectivity index (χ0v) is 10.1. The van der Waals surface area contributed by atoms with E-state index in [1.165, 1.54) is 0 Å². The first-order valence-corrected chi connectivity index (χ1v) is 5.24. The molecule has 0 unspecified atom stereocenters. The number of ether oxygens (including phenoxy) is 2. The summed E-state index contributed by atoms with van der Waals surface area (Å²) in [5, 5.41) is 37.6. The number of rotatable bonds is 7. The molecule has 0 aliphatic heterocycles. The molecule has 0 aromatic heterocycles. The van der Waals surface area contributed by atoms with Crippen molar-refractivity contribution < 1.29 is 39.5 Å². The molecule has 4 atom stereocenters. The third-order valence-electron chi connectivity index (χ3n) is 2.05. The Kier molecular flexibility index (Phi) is 7.44. The van der Waals surface area contributed by atoms with Gasteiger partial charge in [-0.25, -0.2) is 0 Å². The molecule has 0 saturated heterocycles. The van der Waals surface area contributed by atoms with Crippen molar-refractivity contribution in [1.82, 2.24) is 0 Å². The normalized spacial score (nSPS) is 17.4. The minimum Gasteiger partial charge on any atom is -0.463 e. The van der Waals surface area contributed by atoms with Crippen molar-refractivity contribution in [3.05, 3.63) is 0 Å². The number of carbonyl (C=O) groups excluding carboxylic acids is 2. The van der Waals surface area contributed by atoms with Gasteiger partial charge in [0, 0.05) is 13.8 Å². The first-order valence-electron chi connectivity index (χ1n) is 5.24. The minimum absolute atomic E-state index is 0.520. The van der Waals surface area contributed by atoms with Gasteiger partial charge in [-0.15, -0.1) is 0 Å². The second-order valence-corrected chi connectivity index (χ2v) is 3.72. The number of aliphatic hydroxyl groups is 4. The molecule has 0 fully saturated rings. The lowest BCUT2D eigenvalue weighted by molar-refractivity contribution is -0.160. The minimum atomic E-state index is -1.74. The molecule has 0 radical (unpaired) electrons. The second-order valence-electron chi connectivity index (χ2n) is 3.72. The summed E-state index contributed by atoms with van der Waals surface area (Å²) in [6.45, 7) is 1.19. The second kappa shape index (κ2) is 7.98. The SMILES string of the molecule is CC(=O)OC[C@@H](O)[C@@H](O)[C@H](O)[C@H](O)COC(C)=O. The van der Waals surface area contributed by atoms with Gasteiger partial charge in [0.2, 0.25) is 0 Å². The van der Waals surface area contributed by atoms with E-state index in [1.807, 2.05) is 0 Å². The highest BCUT2D eigenvalue weighted by Gasteiger charge is 2.31. The van der Waals surface area contributed by atoms with Crippen LogP contribution in [0.1, 0.15) is 13.8 Å². The lowest BCUT2D eigenvalue weighted by atomic mass is 10.0. The van der Waals surface area contributed by atoms with Crippen LogP contribution in [-0.2, 0) is 19.1 Å². The summed E-state index contributed by atoms with van der Waals surface area (Å²) in [7, 11) is 0. The Labute approximate surface area is 104 Å². The van der Waals surface area contributed by atoms with E-state index in [4.69, 9.17) is 0 Å². The molecule has 0 aromatic rings. The van der Waals surface area contributed by atoms with Crippen molar-refractivity contribution in [1.29, 1.82) is 0 Å². The van der Waals surface area contributed by atoms with Gasteiger partial charge in [-0.2, -0.15) is 0 Å². The van der Waals surface area contributed by atoms with E-state index in [0.29, 0.717) is 0 Å². The first-order chi connectivity index (χ1) is 8.25. The van der Waals surface area contributed by atoms with E-state index in [0.717, 1.165) is 13.8 Å². The first kappa shape index (κ1) is 16.8. The van der Waals surface area contributed by atoms with Crippen molar-refractivity contribution in [2.75, 3.05) is 13.2 Å². The summed E-state index contributed by atoms with van der Waals surface area (Å²) >= 11 is 0. The Hall–Kier alpha value is -1.22. The highest BCUT2D eigenvalue weighted by atomic mass is 16.5. The van der Waals surface area contributed by atoms with Crippen molar-refractivity contribution >= 4 is 11.9 Å². The van der Waals surface area contributed by atoms with Crippen molar-refractivity contribution in [2.45, 2.75) is 38.3 Å². The third kappa shape index (κ3) is 6.50. The lowest BCUT2D eigenvalue weighted by Gasteiger charge is -2.25. The maximum absolute atomic E-state index is 10.5. The molecule has 0 aromatic carbocycles. The highest BCUT2D eigenvalue weighted by molar-refractivity contribution is 5.66. The molecule has 0 heterocycles. The van der Waals surface area contributed by atoms with Crippen LogP contribution in [0.3, 0.4) is 0 Å². The largest absolute Gasteiger partial charge is 0.463 e. The van der Waals surface area contributed by atoms with Crippen LogP contribution in [0.15, 0.2) is 0 Å². The number of hydrogen-bond donors (Lipinski definition) is 4. The van der Waals surface area contributed by atoms with Gasteiger partial charge in [-0.05, 0) is 0 Å². The zero-order valence-electron chi connectivity index (χ0n) is 10.1. The predicted octanol–water partition coefficient (Wildman–Crippen LogP) is -2.44. The van der Waals surface area contributed by atoms with Gasteiger partial charge in [0.1, 0.15) is 37.6 Å². The van der Waals surface area contributed by atoms with E-state index in [-0.39, 0.29) is 0 Å². The number of aliphatic hydroxyl groups excluding tert-OH is 4. The maximum atomic E-state index is 10.5. The van der Waals surface area contributed by atoms with E-state index in [9.17, 15) is 30.0 Å². The Morgan fingerprint density at radius 2 is 1.11 bits per heavy atom. The topological polar surface area (TPSA) is 134 Å². The number of esters is 2. The monoisotopic (exact) mass is 266 g/mol. The molecule has 0 spiro atoms. The third-order valence-corrected chi connectivity index (χ3v) is 2.05. The molecule has 0 bridgehead atoms. The molecule has 0 aliphatic carbocycles. The van der Waals surface area contributed by atoms with Gasteiger partial charge in [-0.1, -0.05) is 0 Å². The summed E-state index contributed by atoms with van der Waals surface area (Å²) < 4.78 is 8.85. The number of hydrogen-bond acceptors (Lipinski definition) is 8. The highest BCUT2D eigenvalue weighted by Crippen LogP contribution is 2.06. The summed E-state index contributed by atoms with van der Waals surface area (Å²) in [6, 6.07) is 0. The summed E-state index contributed by atoms with van der Waals surface area (Å²) in [5.74, 6) is -1.31. The van der Waals surface area contributed by atoms with Crippen LogP contribution in [0.2, 0.25) is 0 Å². The molecule has 0 amide bonds. The summed E-state index contributed by atoms with van der Waals surface area (Å²) in [6.07, 6.45) is -6.60. The van der Waals surface area contributed by atoms with Gasteiger partial charge < -0.3 is 29.9 Å². The van der Waals surface area contributed by atoms with Gasteiger partial charge in [0.25, 0.3) is 0 Å². The molecule has 8 heteroatoms. The van der Waals surface area contributed by atoms with E-state index in [2.05, 4.69) is 9.47 Å². The fourth-order valence-electron chi connectivity index (χ4n) is 1.06. The van der Waals surface area contributed by atoms with Crippen LogP contribution in [0.25, 0.3) is 0 Å². The molecular formula is C10H18O8. The van der Waals surface area contributed by atoms with Gasteiger partial charge in [0.15, 0.2) is 0 Å². The van der Waals surface area contributed by atoms with E-state index in [1.54, 1.807) is 0 Å². The molecule has 106 valence electrons. The molecule has 18 heavy (non-hydrogen) atoms. The predicted molar refractivity (Wildman–Crippen MR) is 57.3 cm³/mol. The summed E-state index contributed by atoms with van der Waals surface area (Å²) in [5.41, 5.74) is 0. The Morgan fingerprint density at radius 3 is 1.33 bits per heavy atom. The molecule has 4 N–H and O–H groups in total. The molecule has 0 rings (SSSR count). The average molecular weight is 266 g/mol. The Morgan fingerprint density at radius 1 is 0.833 bits per heavy atom. The standard InChI is InChI=1S/C10H18O8/c1-5(11)17-3-7(13)9(15)10(16)8(14)4-18-6(2)12/h7-10,13-16H,3-4H2,1-2H3/t7-,8-,9-,10-/m1/s1. The lowest BCUT2D eigenvalue weighted by Crippen LogP contribution is -2.47. The molecule has 8 nitrogen and oxygen atoms in total. The Bertz CT molecular complexity index is 251. The van der Waals surface area contributed by atoms with E-state index < -0.39 is 49.6 Å². The van der Waals surface area contributed by atoms with Crippen molar-refractivity contribution in [3.8, 4) is 0 Å².